The Hall–Kier alpha value is -2.37. The fraction of sp³-hybridized carbons (Fsp3) is 0.111. The number of hydrogen-bond acceptors (Lipinski definition) is 3. The van der Waals surface area contributed by atoms with Crippen molar-refractivity contribution in [3.05, 3.63) is 70.5 Å². The number of carbonyl (C=O) groups excluding carboxylic acids is 1. The Morgan fingerprint density at radius 3 is 2.75 bits per heavy atom. The van der Waals surface area contributed by atoms with Crippen LogP contribution in [-0.4, -0.2) is 17.6 Å². The zero-order chi connectivity index (χ0) is 17.1. The van der Waals surface area contributed by atoms with E-state index in [1.165, 1.54) is 11.3 Å². The molecule has 0 saturated heterocycles. The number of ether oxygens (including phenoxy) is 1. The number of nitrogens with zero attached hydrogens (tertiary/aromatic N) is 2. The molecule has 0 aliphatic carbocycles. The predicted molar refractivity (Wildman–Crippen MR) is 97.9 cm³/mol. The summed E-state index contributed by atoms with van der Waals surface area (Å²) >= 11 is 7.48. The lowest BCUT2D eigenvalue weighted by Gasteiger charge is -2.01. The summed E-state index contributed by atoms with van der Waals surface area (Å²) in [7, 11) is 1.59. The second kappa shape index (κ2) is 7.03. The molecule has 4 nitrogen and oxygen atoms in total. The Morgan fingerprint density at radius 2 is 2.08 bits per heavy atom. The van der Waals surface area contributed by atoms with Crippen molar-refractivity contribution in [1.82, 2.24) is 4.57 Å². The van der Waals surface area contributed by atoms with Crippen molar-refractivity contribution < 1.29 is 9.53 Å². The smallest absolute Gasteiger partial charge is 0.279 e. The highest BCUT2D eigenvalue weighted by atomic mass is 35.5. The lowest BCUT2D eigenvalue weighted by Crippen LogP contribution is -2.16. The van der Waals surface area contributed by atoms with Crippen LogP contribution in [0.2, 0.25) is 5.02 Å². The zero-order valence-electron chi connectivity index (χ0n) is 13.0. The molecule has 0 saturated carbocycles. The Morgan fingerprint density at radius 1 is 1.33 bits per heavy atom. The molecular weight excluding hydrogens is 344 g/mol. The van der Waals surface area contributed by atoms with Gasteiger partial charge in [-0.3, -0.25) is 4.79 Å². The number of halogens is 1. The van der Waals surface area contributed by atoms with Crippen molar-refractivity contribution in [3.8, 4) is 5.75 Å². The Bertz CT molecular complexity index is 971. The molecule has 122 valence electrons. The number of methoxy groups -OCH3 is 1. The molecular formula is C18H15ClN2O2S. The standard InChI is InChI=1S/C18H15ClN2O2S/c1-3-10-21-15-9-6-13(19)11-16(15)24-18(21)20-17(22)12-4-7-14(23-2)8-5-12/h3-9,11H,1,10H2,2H3. The Labute approximate surface area is 148 Å². The summed E-state index contributed by atoms with van der Waals surface area (Å²) in [6, 6.07) is 12.5. The first-order valence-electron chi connectivity index (χ1n) is 7.25. The minimum atomic E-state index is -0.298. The van der Waals surface area contributed by atoms with Crippen LogP contribution in [0.15, 0.2) is 60.1 Å². The van der Waals surface area contributed by atoms with Gasteiger partial charge in [0, 0.05) is 17.1 Å². The van der Waals surface area contributed by atoms with Gasteiger partial charge in [-0.2, -0.15) is 4.99 Å². The van der Waals surface area contributed by atoms with Crippen molar-refractivity contribution in [2.75, 3.05) is 7.11 Å². The second-order valence-corrected chi connectivity index (χ2v) is 6.49. The number of amides is 1. The molecule has 24 heavy (non-hydrogen) atoms. The number of allylic oxidation sites excluding steroid dienone is 1. The van der Waals surface area contributed by atoms with Gasteiger partial charge in [0.1, 0.15) is 5.75 Å². The highest BCUT2D eigenvalue weighted by molar-refractivity contribution is 7.16. The van der Waals surface area contributed by atoms with Gasteiger partial charge in [0.25, 0.3) is 5.91 Å². The van der Waals surface area contributed by atoms with Crippen LogP contribution in [0.1, 0.15) is 10.4 Å². The van der Waals surface area contributed by atoms with Crippen LogP contribution >= 0.6 is 22.9 Å². The van der Waals surface area contributed by atoms with E-state index in [1.807, 2.05) is 22.8 Å². The van der Waals surface area contributed by atoms with E-state index in [0.717, 1.165) is 10.2 Å². The van der Waals surface area contributed by atoms with E-state index in [9.17, 15) is 4.79 Å². The van der Waals surface area contributed by atoms with Gasteiger partial charge >= 0.3 is 0 Å². The molecule has 1 aromatic heterocycles. The van der Waals surface area contributed by atoms with Crippen LogP contribution in [-0.2, 0) is 6.54 Å². The number of aromatic nitrogens is 1. The van der Waals surface area contributed by atoms with Crippen molar-refractivity contribution in [2.24, 2.45) is 4.99 Å². The fourth-order valence-corrected chi connectivity index (χ4v) is 3.64. The quantitative estimate of drug-likeness (QED) is 0.653. The highest BCUT2D eigenvalue weighted by Gasteiger charge is 2.09. The third kappa shape index (κ3) is 3.27. The number of rotatable bonds is 4. The summed E-state index contributed by atoms with van der Waals surface area (Å²) < 4.78 is 8.03. The molecule has 2 aromatic carbocycles. The van der Waals surface area contributed by atoms with E-state index >= 15 is 0 Å². The minimum Gasteiger partial charge on any atom is -0.497 e. The summed E-state index contributed by atoms with van der Waals surface area (Å²) in [5.41, 5.74) is 1.49. The maximum absolute atomic E-state index is 12.4. The van der Waals surface area contributed by atoms with E-state index in [2.05, 4.69) is 11.6 Å². The van der Waals surface area contributed by atoms with Crippen molar-refractivity contribution in [3.63, 3.8) is 0 Å². The number of thiazole rings is 1. The first kappa shape index (κ1) is 16.5. The minimum absolute atomic E-state index is 0.298. The largest absolute Gasteiger partial charge is 0.497 e. The highest BCUT2D eigenvalue weighted by Crippen LogP contribution is 2.22. The van der Waals surface area contributed by atoms with E-state index in [0.29, 0.717) is 27.7 Å². The molecule has 0 radical (unpaired) electrons. The number of fused-ring (bicyclic) bond motifs is 1. The summed E-state index contributed by atoms with van der Waals surface area (Å²) in [6.07, 6.45) is 1.78. The number of benzene rings is 2. The molecule has 3 rings (SSSR count). The maximum Gasteiger partial charge on any atom is 0.279 e. The lowest BCUT2D eigenvalue weighted by molar-refractivity contribution is 0.0998. The topological polar surface area (TPSA) is 43.6 Å². The molecule has 0 N–H and O–H groups in total. The van der Waals surface area contributed by atoms with Crippen LogP contribution in [0.3, 0.4) is 0 Å². The lowest BCUT2D eigenvalue weighted by atomic mass is 10.2. The average molecular weight is 359 g/mol. The van der Waals surface area contributed by atoms with Gasteiger partial charge in [-0.1, -0.05) is 29.0 Å². The van der Waals surface area contributed by atoms with Gasteiger partial charge < -0.3 is 9.30 Å². The van der Waals surface area contributed by atoms with E-state index in [4.69, 9.17) is 16.3 Å². The maximum atomic E-state index is 12.4. The zero-order valence-corrected chi connectivity index (χ0v) is 14.6. The first-order valence-corrected chi connectivity index (χ1v) is 8.44. The second-order valence-electron chi connectivity index (χ2n) is 5.04. The molecule has 1 amide bonds. The summed E-state index contributed by atoms with van der Waals surface area (Å²) in [6.45, 7) is 4.34. The monoisotopic (exact) mass is 358 g/mol. The summed E-state index contributed by atoms with van der Waals surface area (Å²) in [5.74, 6) is 0.401. The van der Waals surface area contributed by atoms with E-state index in [1.54, 1.807) is 37.5 Å². The molecule has 6 heteroatoms. The van der Waals surface area contributed by atoms with Crippen LogP contribution in [0.25, 0.3) is 10.2 Å². The third-order valence-electron chi connectivity index (χ3n) is 3.49. The average Bonchev–Trinajstić information content (AvgIpc) is 2.91. The Balaban J connectivity index is 2.08. The van der Waals surface area contributed by atoms with Gasteiger partial charge in [0.2, 0.25) is 0 Å². The SMILES string of the molecule is C=CCn1c(=NC(=O)c2ccc(OC)cc2)sc2cc(Cl)ccc21. The molecule has 1 heterocycles. The normalized spacial score (nSPS) is 11.7. The molecule has 0 atom stereocenters. The van der Waals surface area contributed by atoms with Crippen molar-refractivity contribution in [1.29, 1.82) is 0 Å². The van der Waals surface area contributed by atoms with Gasteiger partial charge in [-0.05, 0) is 42.5 Å². The van der Waals surface area contributed by atoms with Crippen molar-refractivity contribution in [2.45, 2.75) is 6.54 Å². The van der Waals surface area contributed by atoms with Crippen LogP contribution in [0, 0.1) is 0 Å². The van der Waals surface area contributed by atoms with Crippen LogP contribution in [0.4, 0.5) is 0 Å². The molecule has 0 spiro atoms. The van der Waals surface area contributed by atoms with Crippen molar-refractivity contribution >= 4 is 39.1 Å². The molecule has 3 aromatic rings. The number of hydrogen-bond donors (Lipinski definition) is 0. The fourth-order valence-electron chi connectivity index (χ4n) is 2.32. The van der Waals surface area contributed by atoms with E-state index in [-0.39, 0.29) is 5.91 Å². The molecule has 0 fully saturated rings. The molecule has 0 aliphatic heterocycles. The number of carbonyl (C=O) groups is 1. The van der Waals surface area contributed by atoms with Gasteiger partial charge in [0.05, 0.1) is 17.3 Å². The molecule has 0 bridgehead atoms. The predicted octanol–water partition coefficient (Wildman–Crippen LogP) is 4.29. The van der Waals surface area contributed by atoms with Gasteiger partial charge in [-0.25, -0.2) is 0 Å². The third-order valence-corrected chi connectivity index (χ3v) is 4.77. The Kier molecular flexibility index (Phi) is 4.83. The molecule has 0 unspecified atom stereocenters. The van der Waals surface area contributed by atoms with Gasteiger partial charge in [-0.15, -0.1) is 6.58 Å². The van der Waals surface area contributed by atoms with E-state index < -0.39 is 0 Å². The van der Waals surface area contributed by atoms with Crippen LogP contribution in [0.5, 0.6) is 5.75 Å². The van der Waals surface area contributed by atoms with Gasteiger partial charge in [0.15, 0.2) is 4.80 Å². The van der Waals surface area contributed by atoms with Crippen LogP contribution < -0.4 is 9.54 Å². The summed E-state index contributed by atoms with van der Waals surface area (Å²) in [5, 5.41) is 0.655. The first-order chi connectivity index (χ1) is 11.6. The summed E-state index contributed by atoms with van der Waals surface area (Å²) in [4.78, 5) is 17.3. The molecule has 0 aliphatic rings.